The highest BCUT2D eigenvalue weighted by Gasteiger charge is 2.06. The number of ether oxygens (including phenoxy) is 2. The SMILES string of the molecule is COc1ccc(Oc2ccc(C=O)c(Br)c2)c(Br)c1. The normalized spacial score (nSPS) is 10.1. The van der Waals surface area contributed by atoms with Crippen LogP contribution in [0.3, 0.4) is 0 Å². The summed E-state index contributed by atoms with van der Waals surface area (Å²) in [5.74, 6) is 2.06. The molecule has 2 rings (SSSR count). The van der Waals surface area contributed by atoms with E-state index in [0.29, 0.717) is 21.5 Å². The molecule has 0 fully saturated rings. The zero-order valence-corrected chi connectivity index (χ0v) is 13.2. The van der Waals surface area contributed by atoms with Crippen molar-refractivity contribution < 1.29 is 14.3 Å². The van der Waals surface area contributed by atoms with E-state index in [9.17, 15) is 4.79 Å². The van der Waals surface area contributed by atoms with Gasteiger partial charge in [-0.2, -0.15) is 0 Å². The molecule has 0 radical (unpaired) electrons. The van der Waals surface area contributed by atoms with E-state index >= 15 is 0 Å². The van der Waals surface area contributed by atoms with Crippen LogP contribution in [0.1, 0.15) is 10.4 Å². The maximum absolute atomic E-state index is 10.7. The Morgan fingerprint density at radius 1 is 1.00 bits per heavy atom. The number of benzene rings is 2. The van der Waals surface area contributed by atoms with Crippen molar-refractivity contribution in [1.29, 1.82) is 0 Å². The van der Waals surface area contributed by atoms with Gasteiger partial charge in [-0.3, -0.25) is 4.79 Å². The Balaban J connectivity index is 2.26. The molecule has 0 aliphatic rings. The Morgan fingerprint density at radius 3 is 2.26 bits per heavy atom. The second-order valence-electron chi connectivity index (χ2n) is 3.70. The van der Waals surface area contributed by atoms with Crippen LogP contribution in [0.4, 0.5) is 0 Å². The summed E-state index contributed by atoms with van der Waals surface area (Å²) in [6.07, 6.45) is 0.789. The quantitative estimate of drug-likeness (QED) is 0.707. The highest BCUT2D eigenvalue weighted by atomic mass is 79.9. The zero-order chi connectivity index (χ0) is 13.8. The van der Waals surface area contributed by atoms with Gasteiger partial charge in [0.05, 0.1) is 11.6 Å². The van der Waals surface area contributed by atoms with Gasteiger partial charge in [0.2, 0.25) is 0 Å². The Morgan fingerprint density at radius 2 is 1.68 bits per heavy atom. The van der Waals surface area contributed by atoms with Crippen molar-refractivity contribution in [3.63, 3.8) is 0 Å². The van der Waals surface area contributed by atoms with Gasteiger partial charge in [-0.05, 0) is 68.3 Å². The molecule has 0 heterocycles. The van der Waals surface area contributed by atoms with Crippen LogP contribution in [0.15, 0.2) is 45.3 Å². The van der Waals surface area contributed by atoms with Crippen molar-refractivity contribution in [3.05, 3.63) is 50.9 Å². The van der Waals surface area contributed by atoms with Gasteiger partial charge in [0.15, 0.2) is 6.29 Å². The van der Waals surface area contributed by atoms with Crippen molar-refractivity contribution in [2.24, 2.45) is 0 Å². The fraction of sp³-hybridized carbons (Fsp3) is 0.0714. The topological polar surface area (TPSA) is 35.5 Å². The lowest BCUT2D eigenvalue weighted by molar-refractivity contribution is 0.112. The third kappa shape index (κ3) is 3.36. The van der Waals surface area contributed by atoms with E-state index in [0.717, 1.165) is 16.5 Å². The second-order valence-corrected chi connectivity index (χ2v) is 5.41. The van der Waals surface area contributed by atoms with Gasteiger partial charge in [0.25, 0.3) is 0 Å². The van der Waals surface area contributed by atoms with Crippen LogP contribution < -0.4 is 9.47 Å². The van der Waals surface area contributed by atoms with Gasteiger partial charge < -0.3 is 9.47 Å². The van der Waals surface area contributed by atoms with Crippen LogP contribution in [0, 0.1) is 0 Å². The molecule has 0 spiro atoms. The lowest BCUT2D eigenvalue weighted by Crippen LogP contribution is -1.89. The molecule has 0 amide bonds. The predicted octanol–water partition coefficient (Wildman–Crippen LogP) is 4.83. The second kappa shape index (κ2) is 6.21. The van der Waals surface area contributed by atoms with E-state index < -0.39 is 0 Å². The molecular weight excluding hydrogens is 376 g/mol. The van der Waals surface area contributed by atoms with Crippen LogP contribution in [0.5, 0.6) is 17.2 Å². The fourth-order valence-corrected chi connectivity index (χ4v) is 2.38. The Hall–Kier alpha value is -1.33. The van der Waals surface area contributed by atoms with Gasteiger partial charge in [0.1, 0.15) is 17.2 Å². The molecule has 5 heteroatoms. The largest absolute Gasteiger partial charge is 0.497 e. The van der Waals surface area contributed by atoms with Gasteiger partial charge in [-0.25, -0.2) is 0 Å². The van der Waals surface area contributed by atoms with E-state index in [2.05, 4.69) is 31.9 Å². The van der Waals surface area contributed by atoms with Crippen LogP contribution >= 0.6 is 31.9 Å². The van der Waals surface area contributed by atoms with Crippen molar-refractivity contribution in [1.82, 2.24) is 0 Å². The van der Waals surface area contributed by atoms with Crippen molar-refractivity contribution >= 4 is 38.1 Å². The molecule has 0 N–H and O–H groups in total. The number of aldehydes is 1. The Kier molecular flexibility index (Phi) is 4.61. The maximum Gasteiger partial charge on any atom is 0.151 e. The van der Waals surface area contributed by atoms with Gasteiger partial charge >= 0.3 is 0 Å². The highest BCUT2D eigenvalue weighted by Crippen LogP contribution is 2.33. The molecular formula is C14H10Br2O3. The molecule has 98 valence electrons. The number of halogens is 2. The first-order chi connectivity index (χ1) is 9.13. The Labute approximate surface area is 127 Å². The van der Waals surface area contributed by atoms with E-state index in [1.54, 1.807) is 25.3 Å². The van der Waals surface area contributed by atoms with E-state index in [-0.39, 0.29) is 0 Å². The average molecular weight is 386 g/mol. The monoisotopic (exact) mass is 384 g/mol. The summed E-state index contributed by atoms with van der Waals surface area (Å²) in [7, 11) is 1.61. The third-order valence-electron chi connectivity index (χ3n) is 2.47. The minimum absolute atomic E-state index is 0.584. The number of carbonyl (C=O) groups is 1. The summed E-state index contributed by atoms with van der Waals surface area (Å²) in [5.41, 5.74) is 0.584. The molecule has 0 saturated heterocycles. The summed E-state index contributed by atoms with van der Waals surface area (Å²) in [4.78, 5) is 10.7. The van der Waals surface area contributed by atoms with Crippen LogP contribution in [0.2, 0.25) is 0 Å². The standard InChI is InChI=1S/C14H10Br2O3/c1-18-10-4-5-14(13(16)6-10)19-11-3-2-9(8-17)12(15)7-11/h2-8H,1H3. The minimum Gasteiger partial charge on any atom is -0.497 e. The number of hydrogen-bond acceptors (Lipinski definition) is 3. The lowest BCUT2D eigenvalue weighted by Gasteiger charge is -2.10. The first-order valence-electron chi connectivity index (χ1n) is 5.40. The number of carbonyl (C=O) groups excluding carboxylic acids is 1. The molecule has 2 aromatic carbocycles. The molecule has 0 aromatic heterocycles. The maximum atomic E-state index is 10.7. The molecule has 2 aromatic rings. The van der Waals surface area contributed by atoms with Crippen molar-refractivity contribution in [3.8, 4) is 17.2 Å². The van der Waals surface area contributed by atoms with Crippen LogP contribution in [-0.4, -0.2) is 13.4 Å². The van der Waals surface area contributed by atoms with Crippen LogP contribution in [-0.2, 0) is 0 Å². The molecule has 3 nitrogen and oxygen atoms in total. The molecule has 0 bridgehead atoms. The molecule has 19 heavy (non-hydrogen) atoms. The third-order valence-corrected chi connectivity index (χ3v) is 3.77. The number of rotatable bonds is 4. The smallest absolute Gasteiger partial charge is 0.151 e. The van der Waals surface area contributed by atoms with Gasteiger partial charge in [-0.1, -0.05) is 0 Å². The average Bonchev–Trinajstić information content (AvgIpc) is 2.41. The van der Waals surface area contributed by atoms with Crippen LogP contribution in [0.25, 0.3) is 0 Å². The predicted molar refractivity (Wildman–Crippen MR) is 80.3 cm³/mol. The van der Waals surface area contributed by atoms with Crippen molar-refractivity contribution in [2.45, 2.75) is 0 Å². The first-order valence-corrected chi connectivity index (χ1v) is 6.99. The molecule has 0 saturated carbocycles. The molecule has 0 aliphatic heterocycles. The summed E-state index contributed by atoms with van der Waals surface area (Å²) < 4.78 is 12.4. The molecule has 0 atom stereocenters. The molecule has 0 aliphatic carbocycles. The first kappa shape index (κ1) is 14.1. The highest BCUT2D eigenvalue weighted by molar-refractivity contribution is 9.10. The van der Waals surface area contributed by atoms with E-state index in [4.69, 9.17) is 9.47 Å². The lowest BCUT2D eigenvalue weighted by atomic mass is 10.2. The summed E-state index contributed by atoms with van der Waals surface area (Å²) in [5, 5.41) is 0. The zero-order valence-electron chi connectivity index (χ0n) is 10.0. The van der Waals surface area contributed by atoms with Gasteiger partial charge in [-0.15, -0.1) is 0 Å². The number of methoxy groups -OCH3 is 1. The summed E-state index contributed by atoms with van der Waals surface area (Å²) >= 11 is 6.74. The number of hydrogen-bond donors (Lipinski definition) is 0. The minimum atomic E-state index is 0.584. The fourth-order valence-electron chi connectivity index (χ4n) is 1.49. The summed E-state index contributed by atoms with van der Waals surface area (Å²) in [6.45, 7) is 0. The summed E-state index contributed by atoms with van der Waals surface area (Å²) in [6, 6.07) is 10.6. The van der Waals surface area contributed by atoms with E-state index in [1.165, 1.54) is 0 Å². The Bertz CT molecular complexity index is 612. The molecule has 0 unspecified atom stereocenters. The van der Waals surface area contributed by atoms with Gasteiger partial charge in [0, 0.05) is 10.0 Å². The van der Waals surface area contributed by atoms with E-state index in [1.807, 2.05) is 18.2 Å². The van der Waals surface area contributed by atoms with Crippen molar-refractivity contribution in [2.75, 3.05) is 7.11 Å².